The molecule has 5 heteroatoms. The SMILES string of the molecule is Nc1cccc(C(=O)Nc2ccc(N)cc2N)c1. The monoisotopic (exact) mass is 242 g/mol. The molecule has 0 bridgehead atoms. The molecular weight excluding hydrogens is 228 g/mol. The highest BCUT2D eigenvalue weighted by atomic mass is 16.1. The van der Waals surface area contributed by atoms with E-state index in [1.54, 1.807) is 42.5 Å². The lowest BCUT2D eigenvalue weighted by Crippen LogP contribution is -2.13. The molecule has 0 fully saturated rings. The van der Waals surface area contributed by atoms with E-state index < -0.39 is 0 Å². The minimum absolute atomic E-state index is 0.265. The average molecular weight is 242 g/mol. The molecule has 0 aliphatic rings. The molecule has 0 aliphatic carbocycles. The van der Waals surface area contributed by atoms with Crippen LogP contribution in [0.25, 0.3) is 0 Å². The summed E-state index contributed by atoms with van der Waals surface area (Å²) in [5.41, 5.74) is 19.5. The molecule has 0 spiro atoms. The minimum Gasteiger partial charge on any atom is -0.399 e. The lowest BCUT2D eigenvalue weighted by atomic mass is 10.1. The number of rotatable bonds is 2. The van der Waals surface area contributed by atoms with Gasteiger partial charge in [-0.2, -0.15) is 0 Å². The Morgan fingerprint density at radius 1 is 0.944 bits per heavy atom. The molecular formula is C13H14N4O. The van der Waals surface area contributed by atoms with Gasteiger partial charge in [-0.1, -0.05) is 6.07 Å². The zero-order chi connectivity index (χ0) is 13.1. The molecule has 7 N–H and O–H groups in total. The van der Waals surface area contributed by atoms with Gasteiger partial charge >= 0.3 is 0 Å². The van der Waals surface area contributed by atoms with Gasteiger partial charge in [0, 0.05) is 16.9 Å². The molecule has 2 rings (SSSR count). The van der Waals surface area contributed by atoms with E-state index in [2.05, 4.69) is 5.32 Å². The van der Waals surface area contributed by atoms with E-state index >= 15 is 0 Å². The highest BCUT2D eigenvalue weighted by Crippen LogP contribution is 2.21. The van der Waals surface area contributed by atoms with Gasteiger partial charge in [0.05, 0.1) is 11.4 Å². The van der Waals surface area contributed by atoms with Crippen molar-refractivity contribution in [3.63, 3.8) is 0 Å². The van der Waals surface area contributed by atoms with Gasteiger partial charge in [-0.25, -0.2) is 0 Å². The number of anilines is 4. The quantitative estimate of drug-likeness (QED) is 0.601. The van der Waals surface area contributed by atoms with Crippen LogP contribution < -0.4 is 22.5 Å². The molecule has 0 heterocycles. The van der Waals surface area contributed by atoms with Crippen molar-refractivity contribution in [3.8, 4) is 0 Å². The van der Waals surface area contributed by atoms with Crippen LogP contribution in [0.2, 0.25) is 0 Å². The van der Waals surface area contributed by atoms with Crippen LogP contribution in [0.4, 0.5) is 22.7 Å². The van der Waals surface area contributed by atoms with Gasteiger partial charge in [0.2, 0.25) is 0 Å². The van der Waals surface area contributed by atoms with Crippen LogP contribution in [0, 0.1) is 0 Å². The van der Waals surface area contributed by atoms with Crippen LogP contribution in [0.15, 0.2) is 42.5 Å². The average Bonchev–Trinajstić information content (AvgIpc) is 2.32. The molecule has 1 amide bonds. The van der Waals surface area contributed by atoms with Gasteiger partial charge in [-0.3, -0.25) is 4.79 Å². The van der Waals surface area contributed by atoms with Crippen molar-refractivity contribution < 1.29 is 4.79 Å². The van der Waals surface area contributed by atoms with Crippen LogP contribution in [0.3, 0.4) is 0 Å². The summed E-state index contributed by atoms with van der Waals surface area (Å²) in [6.45, 7) is 0. The van der Waals surface area contributed by atoms with Gasteiger partial charge in [-0.15, -0.1) is 0 Å². The van der Waals surface area contributed by atoms with E-state index in [1.807, 2.05) is 0 Å². The first-order valence-electron chi connectivity index (χ1n) is 5.38. The molecule has 0 unspecified atom stereocenters. The Bertz CT molecular complexity index is 595. The lowest BCUT2D eigenvalue weighted by Gasteiger charge is -2.09. The van der Waals surface area contributed by atoms with Crippen LogP contribution >= 0.6 is 0 Å². The minimum atomic E-state index is -0.265. The van der Waals surface area contributed by atoms with Gasteiger partial charge in [0.1, 0.15) is 0 Å². The van der Waals surface area contributed by atoms with Crippen molar-refractivity contribution in [2.75, 3.05) is 22.5 Å². The number of benzene rings is 2. The molecule has 0 aromatic heterocycles. The largest absolute Gasteiger partial charge is 0.399 e. The molecule has 0 atom stereocenters. The third-order valence-corrected chi connectivity index (χ3v) is 2.47. The van der Waals surface area contributed by atoms with Gasteiger partial charge in [0.15, 0.2) is 0 Å². The first kappa shape index (κ1) is 11.8. The van der Waals surface area contributed by atoms with Crippen LogP contribution in [-0.2, 0) is 0 Å². The topological polar surface area (TPSA) is 107 Å². The van der Waals surface area contributed by atoms with Crippen LogP contribution in [-0.4, -0.2) is 5.91 Å². The second kappa shape index (κ2) is 4.67. The highest BCUT2D eigenvalue weighted by molar-refractivity contribution is 6.06. The number of carbonyl (C=O) groups excluding carboxylic acids is 1. The molecule has 2 aromatic carbocycles. The Balaban J connectivity index is 2.21. The number of hydrogen-bond acceptors (Lipinski definition) is 4. The molecule has 0 aliphatic heterocycles. The summed E-state index contributed by atoms with van der Waals surface area (Å²) >= 11 is 0. The van der Waals surface area contributed by atoms with Crippen molar-refractivity contribution in [1.29, 1.82) is 0 Å². The highest BCUT2D eigenvalue weighted by Gasteiger charge is 2.08. The predicted octanol–water partition coefficient (Wildman–Crippen LogP) is 1.69. The molecule has 5 nitrogen and oxygen atoms in total. The summed E-state index contributed by atoms with van der Waals surface area (Å²) < 4.78 is 0. The third-order valence-electron chi connectivity index (χ3n) is 2.47. The third kappa shape index (κ3) is 2.52. The smallest absolute Gasteiger partial charge is 0.255 e. The normalized spacial score (nSPS) is 10.0. The Morgan fingerprint density at radius 2 is 1.67 bits per heavy atom. The maximum atomic E-state index is 11.9. The second-order valence-corrected chi connectivity index (χ2v) is 3.93. The van der Waals surface area contributed by atoms with Crippen molar-refractivity contribution in [3.05, 3.63) is 48.0 Å². The second-order valence-electron chi connectivity index (χ2n) is 3.93. The molecule has 0 radical (unpaired) electrons. The van der Waals surface area contributed by atoms with Crippen LogP contribution in [0.1, 0.15) is 10.4 Å². The molecule has 0 saturated carbocycles. The van der Waals surface area contributed by atoms with Crippen molar-refractivity contribution in [2.24, 2.45) is 0 Å². The fourth-order valence-corrected chi connectivity index (χ4v) is 1.57. The van der Waals surface area contributed by atoms with E-state index in [0.717, 1.165) is 0 Å². The number of nitrogen functional groups attached to an aromatic ring is 3. The van der Waals surface area contributed by atoms with Gasteiger partial charge in [-0.05, 0) is 36.4 Å². The molecule has 92 valence electrons. The van der Waals surface area contributed by atoms with Gasteiger partial charge in [0.25, 0.3) is 5.91 Å². The number of hydrogen-bond donors (Lipinski definition) is 4. The fourth-order valence-electron chi connectivity index (χ4n) is 1.57. The standard InChI is InChI=1S/C13H14N4O/c14-9-3-1-2-8(6-9)13(18)17-12-5-4-10(15)7-11(12)16/h1-7H,14-16H2,(H,17,18). The molecule has 2 aromatic rings. The summed E-state index contributed by atoms with van der Waals surface area (Å²) in [4.78, 5) is 11.9. The Morgan fingerprint density at radius 3 is 2.33 bits per heavy atom. The Labute approximate surface area is 105 Å². The molecule has 18 heavy (non-hydrogen) atoms. The first-order chi connectivity index (χ1) is 8.56. The predicted molar refractivity (Wildman–Crippen MR) is 74.1 cm³/mol. The van der Waals surface area contributed by atoms with Crippen molar-refractivity contribution in [2.45, 2.75) is 0 Å². The Kier molecular flexibility index (Phi) is 3.05. The first-order valence-corrected chi connectivity index (χ1v) is 5.38. The molecule has 0 saturated heterocycles. The summed E-state index contributed by atoms with van der Waals surface area (Å²) in [6, 6.07) is 11.6. The van der Waals surface area contributed by atoms with E-state index in [4.69, 9.17) is 17.2 Å². The van der Waals surface area contributed by atoms with E-state index in [1.165, 1.54) is 0 Å². The number of amides is 1. The number of carbonyl (C=O) groups is 1. The van der Waals surface area contributed by atoms with Crippen molar-refractivity contribution in [1.82, 2.24) is 0 Å². The van der Waals surface area contributed by atoms with E-state index in [0.29, 0.717) is 28.3 Å². The van der Waals surface area contributed by atoms with E-state index in [-0.39, 0.29) is 5.91 Å². The summed E-state index contributed by atoms with van der Waals surface area (Å²) in [7, 11) is 0. The summed E-state index contributed by atoms with van der Waals surface area (Å²) in [6.07, 6.45) is 0. The van der Waals surface area contributed by atoms with E-state index in [9.17, 15) is 4.79 Å². The zero-order valence-corrected chi connectivity index (χ0v) is 9.68. The zero-order valence-electron chi connectivity index (χ0n) is 9.68. The summed E-state index contributed by atoms with van der Waals surface area (Å²) in [5, 5.41) is 2.71. The Hall–Kier alpha value is -2.69. The maximum Gasteiger partial charge on any atom is 0.255 e. The van der Waals surface area contributed by atoms with Gasteiger partial charge < -0.3 is 22.5 Å². The van der Waals surface area contributed by atoms with Crippen LogP contribution in [0.5, 0.6) is 0 Å². The maximum absolute atomic E-state index is 11.9. The number of nitrogens with two attached hydrogens (primary N) is 3. The fraction of sp³-hybridized carbons (Fsp3) is 0. The summed E-state index contributed by atoms with van der Waals surface area (Å²) in [5.74, 6) is -0.265. The van der Waals surface area contributed by atoms with Crippen molar-refractivity contribution >= 4 is 28.7 Å². The lowest BCUT2D eigenvalue weighted by molar-refractivity contribution is 0.102. The number of nitrogens with one attached hydrogen (secondary N) is 1.